The van der Waals surface area contributed by atoms with Crippen molar-refractivity contribution < 1.29 is 0 Å². The second kappa shape index (κ2) is 16.6. The molecule has 0 unspecified atom stereocenters. The molecule has 6 nitrogen and oxygen atoms in total. The third-order valence-electron chi connectivity index (χ3n) is 15.6. The molecule has 0 saturated carbocycles. The Morgan fingerprint density at radius 1 is 0.224 bits per heavy atom. The zero-order chi connectivity index (χ0) is 49.8. The summed E-state index contributed by atoms with van der Waals surface area (Å²) < 4.78 is 10.1. The minimum atomic E-state index is 0.638. The van der Waals surface area contributed by atoms with Crippen LogP contribution in [0.5, 0.6) is 0 Å². The Morgan fingerprint density at radius 2 is 0.487 bits per heavy atom. The van der Waals surface area contributed by atoms with Gasteiger partial charge in [0.2, 0.25) is 0 Å². The van der Waals surface area contributed by atoms with Crippen molar-refractivity contribution in [3.8, 4) is 56.7 Å². The monoisotopic (exact) mass is 968 g/mol. The molecule has 0 radical (unpaired) electrons. The smallest absolute Gasteiger partial charge is 0.160 e. The number of para-hydroxylation sites is 8. The standard InChI is InChI=1S/C70H44N6/c1-3-23-45(24-4-1)55-43-56(72-70(71-55)46-25-5-2-6-26-46)67-68(75-61-39-19-11-31-51(61)52-32-12-20-40-62(52)75)65(73-57-35-15-7-27-47(57)48-28-8-16-36-58(48)73)44-66(74-59-37-17-9-29-49(59)50-30-10-18-38-60(50)74)69(67)76-63-41-21-13-33-53(63)54-34-14-22-42-64(54)76/h1-44H. The molecule has 0 aliphatic heterocycles. The molecule has 11 aromatic carbocycles. The average Bonchev–Trinajstić information content (AvgIpc) is 4.32. The second-order valence-corrected chi connectivity index (χ2v) is 19.7. The third kappa shape index (κ3) is 6.16. The van der Waals surface area contributed by atoms with E-state index >= 15 is 0 Å². The summed E-state index contributed by atoms with van der Waals surface area (Å²) in [4.78, 5) is 11.4. The van der Waals surface area contributed by atoms with Gasteiger partial charge in [-0.15, -0.1) is 0 Å². The molecule has 6 heteroatoms. The van der Waals surface area contributed by atoms with Gasteiger partial charge < -0.3 is 18.3 Å². The van der Waals surface area contributed by atoms with E-state index in [1.807, 2.05) is 0 Å². The Bertz CT molecular complexity index is 4470. The van der Waals surface area contributed by atoms with E-state index in [-0.39, 0.29) is 0 Å². The van der Waals surface area contributed by atoms with E-state index in [0.717, 1.165) is 95.0 Å². The van der Waals surface area contributed by atoms with Crippen LogP contribution in [-0.4, -0.2) is 28.2 Å². The van der Waals surface area contributed by atoms with Gasteiger partial charge in [0.1, 0.15) is 0 Å². The minimum absolute atomic E-state index is 0.638. The number of rotatable bonds is 7. The summed E-state index contributed by atoms with van der Waals surface area (Å²) in [5, 5.41) is 9.38. The maximum absolute atomic E-state index is 5.90. The Labute approximate surface area is 436 Å². The van der Waals surface area contributed by atoms with Gasteiger partial charge in [0, 0.05) is 54.2 Å². The Morgan fingerprint density at radius 3 is 0.816 bits per heavy atom. The molecule has 5 heterocycles. The summed E-state index contributed by atoms with van der Waals surface area (Å²) in [5.74, 6) is 0.638. The van der Waals surface area contributed by atoms with E-state index in [9.17, 15) is 0 Å². The van der Waals surface area contributed by atoms with Crippen molar-refractivity contribution >= 4 is 87.2 Å². The fraction of sp³-hybridized carbons (Fsp3) is 0. The summed E-state index contributed by atoms with van der Waals surface area (Å²) in [5.41, 5.74) is 17.2. The van der Waals surface area contributed by atoms with Crippen LogP contribution in [0.2, 0.25) is 0 Å². The first-order valence-electron chi connectivity index (χ1n) is 25.9. The molecule has 16 aromatic rings. The van der Waals surface area contributed by atoms with E-state index < -0.39 is 0 Å². The maximum atomic E-state index is 5.90. The van der Waals surface area contributed by atoms with Crippen molar-refractivity contribution in [3.63, 3.8) is 0 Å². The van der Waals surface area contributed by atoms with Gasteiger partial charge in [-0.1, -0.05) is 206 Å². The van der Waals surface area contributed by atoms with E-state index in [1.54, 1.807) is 0 Å². The highest BCUT2D eigenvalue weighted by Crippen LogP contribution is 2.50. The topological polar surface area (TPSA) is 45.5 Å². The highest BCUT2D eigenvalue weighted by molar-refractivity contribution is 6.16. The predicted octanol–water partition coefficient (Wildman–Crippen LogP) is 17.9. The van der Waals surface area contributed by atoms with Crippen molar-refractivity contribution in [1.82, 2.24) is 28.2 Å². The summed E-state index contributed by atoms with van der Waals surface area (Å²) in [7, 11) is 0. The maximum Gasteiger partial charge on any atom is 0.160 e. The molecule has 0 spiro atoms. The van der Waals surface area contributed by atoms with Gasteiger partial charge >= 0.3 is 0 Å². The van der Waals surface area contributed by atoms with E-state index in [1.165, 1.54) is 43.1 Å². The van der Waals surface area contributed by atoms with Crippen LogP contribution in [0.3, 0.4) is 0 Å². The van der Waals surface area contributed by atoms with Gasteiger partial charge in [-0.05, 0) is 60.7 Å². The van der Waals surface area contributed by atoms with Crippen LogP contribution in [-0.2, 0) is 0 Å². The lowest BCUT2D eigenvalue weighted by molar-refractivity contribution is 1.04. The summed E-state index contributed by atoms with van der Waals surface area (Å²) in [6.45, 7) is 0. The molecule has 0 atom stereocenters. The molecule has 0 saturated heterocycles. The van der Waals surface area contributed by atoms with E-state index in [4.69, 9.17) is 9.97 Å². The molecule has 0 fully saturated rings. The van der Waals surface area contributed by atoms with Gasteiger partial charge in [0.15, 0.2) is 5.82 Å². The minimum Gasteiger partial charge on any atom is -0.307 e. The number of fused-ring (bicyclic) bond motifs is 12. The molecule has 0 bridgehead atoms. The zero-order valence-corrected chi connectivity index (χ0v) is 41.1. The lowest BCUT2D eigenvalue weighted by Crippen LogP contribution is -2.14. The van der Waals surface area contributed by atoms with Crippen LogP contribution >= 0.6 is 0 Å². The number of hydrogen-bond donors (Lipinski definition) is 0. The fourth-order valence-electron chi connectivity index (χ4n) is 12.4. The summed E-state index contributed by atoms with van der Waals surface area (Å²) >= 11 is 0. The van der Waals surface area contributed by atoms with Crippen molar-refractivity contribution in [3.05, 3.63) is 267 Å². The number of benzene rings is 11. The molecule has 0 aliphatic rings. The Balaban J connectivity index is 1.24. The average molecular weight is 969 g/mol. The van der Waals surface area contributed by atoms with Crippen LogP contribution in [0.4, 0.5) is 0 Å². The molecule has 0 N–H and O–H groups in total. The van der Waals surface area contributed by atoms with Gasteiger partial charge in [-0.2, -0.15) is 0 Å². The lowest BCUT2D eigenvalue weighted by atomic mass is 9.98. The van der Waals surface area contributed by atoms with Gasteiger partial charge in [-0.3, -0.25) is 0 Å². The van der Waals surface area contributed by atoms with Crippen LogP contribution in [0.1, 0.15) is 0 Å². The highest BCUT2D eigenvalue weighted by atomic mass is 15.1. The van der Waals surface area contributed by atoms with Crippen molar-refractivity contribution in [2.45, 2.75) is 0 Å². The molecular formula is C70H44N6. The molecule has 0 amide bonds. The zero-order valence-electron chi connectivity index (χ0n) is 41.1. The van der Waals surface area contributed by atoms with E-state index in [0.29, 0.717) is 5.82 Å². The van der Waals surface area contributed by atoms with Gasteiger partial charge in [-0.25, -0.2) is 9.97 Å². The molecular weight excluding hydrogens is 925 g/mol. The quantitative estimate of drug-likeness (QED) is 0.160. The van der Waals surface area contributed by atoms with Gasteiger partial charge in [0.25, 0.3) is 0 Å². The molecule has 0 aliphatic carbocycles. The van der Waals surface area contributed by atoms with Gasteiger partial charge in [0.05, 0.1) is 83.8 Å². The first kappa shape index (κ1) is 42.2. The summed E-state index contributed by atoms with van der Waals surface area (Å²) in [6, 6.07) is 96.6. The van der Waals surface area contributed by atoms with Crippen molar-refractivity contribution in [2.24, 2.45) is 0 Å². The van der Waals surface area contributed by atoms with Crippen LogP contribution in [0.15, 0.2) is 267 Å². The van der Waals surface area contributed by atoms with E-state index in [2.05, 4.69) is 285 Å². The van der Waals surface area contributed by atoms with Crippen LogP contribution < -0.4 is 0 Å². The molecule has 354 valence electrons. The second-order valence-electron chi connectivity index (χ2n) is 19.7. The van der Waals surface area contributed by atoms with Crippen molar-refractivity contribution in [2.75, 3.05) is 0 Å². The first-order chi connectivity index (χ1) is 37.8. The Hall–Kier alpha value is -10.3. The number of hydrogen-bond acceptors (Lipinski definition) is 2. The van der Waals surface area contributed by atoms with Crippen molar-refractivity contribution in [1.29, 1.82) is 0 Å². The van der Waals surface area contributed by atoms with Crippen LogP contribution in [0, 0.1) is 0 Å². The first-order valence-corrected chi connectivity index (χ1v) is 25.9. The predicted molar refractivity (Wildman–Crippen MR) is 316 cm³/mol. The van der Waals surface area contributed by atoms with Crippen LogP contribution in [0.25, 0.3) is 144 Å². The normalized spacial score (nSPS) is 11.9. The highest BCUT2D eigenvalue weighted by Gasteiger charge is 2.32. The molecule has 5 aromatic heterocycles. The summed E-state index contributed by atoms with van der Waals surface area (Å²) in [6.07, 6.45) is 0. The molecule has 76 heavy (non-hydrogen) atoms. The SMILES string of the molecule is c1ccc(-c2cc(-c3c(-n4c5ccccc5c5ccccc54)c(-n4c5ccccc5c5ccccc54)cc(-n4c5ccccc5c5ccccc54)c3-n3c4ccccc4c4ccccc43)nc(-c3ccccc3)n2)cc1. The number of nitrogens with zero attached hydrogens (tertiary/aromatic N) is 6. The third-order valence-corrected chi connectivity index (χ3v) is 15.6. The fourth-order valence-corrected chi connectivity index (χ4v) is 12.4. The number of aromatic nitrogens is 6. The Kier molecular flexibility index (Phi) is 9.23. The lowest BCUT2D eigenvalue weighted by Gasteiger charge is -2.28. The molecule has 16 rings (SSSR count). The largest absolute Gasteiger partial charge is 0.307 e.